The van der Waals surface area contributed by atoms with Gasteiger partial charge in [-0.15, -0.1) is 0 Å². The lowest BCUT2D eigenvalue weighted by atomic mass is 10.3. The van der Waals surface area contributed by atoms with Crippen LogP contribution in [0.3, 0.4) is 0 Å². The van der Waals surface area contributed by atoms with Crippen molar-refractivity contribution in [3.05, 3.63) is 35.8 Å². The molecular formula is C12H16N2S. The summed E-state index contributed by atoms with van der Waals surface area (Å²) in [5, 5.41) is 0. The van der Waals surface area contributed by atoms with Gasteiger partial charge in [0.15, 0.2) is 0 Å². The number of nitrogens with zero attached hydrogens (tertiary/aromatic N) is 2. The van der Waals surface area contributed by atoms with E-state index < -0.39 is 0 Å². The van der Waals surface area contributed by atoms with Gasteiger partial charge in [-0.05, 0) is 36.8 Å². The van der Waals surface area contributed by atoms with E-state index in [0.717, 1.165) is 11.4 Å². The monoisotopic (exact) mass is 220 g/mol. The van der Waals surface area contributed by atoms with Crippen molar-refractivity contribution < 1.29 is 0 Å². The first-order valence-electron chi connectivity index (χ1n) is 5.31. The molecule has 2 aromatic rings. The first-order valence-corrected chi connectivity index (χ1v) is 6.47. The summed E-state index contributed by atoms with van der Waals surface area (Å²) in [5.41, 5.74) is 3.62. The molecule has 0 N–H and O–H groups in total. The molecule has 3 heteroatoms. The van der Waals surface area contributed by atoms with Gasteiger partial charge in [0.25, 0.3) is 0 Å². The Morgan fingerprint density at radius 3 is 3.13 bits per heavy atom. The molecule has 0 aliphatic rings. The lowest BCUT2D eigenvalue weighted by Gasteiger charge is -2.01. The number of hydrogen-bond acceptors (Lipinski definition) is 2. The van der Waals surface area contributed by atoms with Crippen molar-refractivity contribution in [2.75, 3.05) is 5.75 Å². The Kier molecular flexibility index (Phi) is 3.31. The van der Waals surface area contributed by atoms with Gasteiger partial charge in [0.2, 0.25) is 0 Å². The van der Waals surface area contributed by atoms with Gasteiger partial charge < -0.3 is 4.40 Å². The summed E-state index contributed by atoms with van der Waals surface area (Å²) >= 11 is 1.97. The van der Waals surface area contributed by atoms with Crippen LogP contribution in [0.15, 0.2) is 24.5 Å². The summed E-state index contributed by atoms with van der Waals surface area (Å²) in [6, 6.07) is 4.25. The van der Waals surface area contributed by atoms with Crippen LogP contribution >= 0.6 is 11.8 Å². The highest BCUT2D eigenvalue weighted by atomic mass is 32.2. The highest BCUT2D eigenvalue weighted by Gasteiger charge is 2.02. The summed E-state index contributed by atoms with van der Waals surface area (Å²) < 4.78 is 2.18. The van der Waals surface area contributed by atoms with Gasteiger partial charge in [0.1, 0.15) is 5.65 Å². The number of pyridine rings is 1. The van der Waals surface area contributed by atoms with E-state index in [1.807, 2.05) is 18.0 Å². The van der Waals surface area contributed by atoms with Gasteiger partial charge in [-0.25, -0.2) is 4.98 Å². The van der Waals surface area contributed by atoms with Gasteiger partial charge >= 0.3 is 0 Å². The van der Waals surface area contributed by atoms with E-state index in [9.17, 15) is 0 Å². The third-order valence-electron chi connectivity index (χ3n) is 2.34. The summed E-state index contributed by atoms with van der Waals surface area (Å²) in [7, 11) is 0. The summed E-state index contributed by atoms with van der Waals surface area (Å²) in [4.78, 5) is 4.41. The van der Waals surface area contributed by atoms with Crippen LogP contribution in [0, 0.1) is 6.92 Å². The molecule has 0 atom stereocenters. The number of rotatable bonds is 4. The van der Waals surface area contributed by atoms with Crippen LogP contribution in [0.4, 0.5) is 0 Å². The summed E-state index contributed by atoms with van der Waals surface area (Å²) in [6.07, 6.45) is 5.33. The van der Waals surface area contributed by atoms with Gasteiger partial charge in [-0.2, -0.15) is 11.8 Å². The number of thioether (sulfide) groups is 1. The van der Waals surface area contributed by atoms with Crippen molar-refractivity contribution in [1.29, 1.82) is 0 Å². The van der Waals surface area contributed by atoms with E-state index in [4.69, 9.17) is 0 Å². The minimum atomic E-state index is 1.05. The van der Waals surface area contributed by atoms with Gasteiger partial charge in [-0.1, -0.05) is 6.92 Å². The average Bonchev–Trinajstić information content (AvgIpc) is 2.61. The second-order valence-electron chi connectivity index (χ2n) is 3.73. The lowest BCUT2D eigenvalue weighted by Crippen LogP contribution is -1.91. The van der Waals surface area contributed by atoms with Crippen LogP contribution in [-0.4, -0.2) is 15.1 Å². The maximum Gasteiger partial charge on any atom is 0.137 e. The standard InChI is InChI=1S/C12H16N2S/c1-3-6-15-9-11-8-13-12-7-10(2)4-5-14(11)12/h4-5,7-8H,3,6,9H2,1-2H3. The molecule has 2 heterocycles. The Morgan fingerprint density at radius 2 is 2.33 bits per heavy atom. The third-order valence-corrected chi connectivity index (χ3v) is 3.54. The van der Waals surface area contributed by atoms with E-state index in [-0.39, 0.29) is 0 Å². The zero-order chi connectivity index (χ0) is 10.7. The zero-order valence-electron chi connectivity index (χ0n) is 9.23. The SMILES string of the molecule is CCCSCc1cnc2cc(C)ccn12. The number of fused-ring (bicyclic) bond motifs is 1. The number of aromatic nitrogens is 2. The van der Waals surface area contributed by atoms with Gasteiger partial charge in [0.05, 0.1) is 11.9 Å². The molecule has 0 unspecified atom stereocenters. The van der Waals surface area contributed by atoms with Crippen molar-refractivity contribution in [2.24, 2.45) is 0 Å². The first-order chi connectivity index (χ1) is 7.31. The van der Waals surface area contributed by atoms with Crippen LogP contribution in [-0.2, 0) is 5.75 Å². The Hall–Kier alpha value is -0.960. The number of hydrogen-bond donors (Lipinski definition) is 0. The van der Waals surface area contributed by atoms with Crippen LogP contribution in [0.5, 0.6) is 0 Å². The average molecular weight is 220 g/mol. The molecule has 80 valence electrons. The smallest absolute Gasteiger partial charge is 0.137 e. The minimum Gasteiger partial charge on any atom is -0.303 e. The minimum absolute atomic E-state index is 1.05. The fourth-order valence-electron chi connectivity index (χ4n) is 1.56. The fourth-order valence-corrected chi connectivity index (χ4v) is 2.42. The molecule has 0 spiro atoms. The predicted molar refractivity (Wildman–Crippen MR) is 66.4 cm³/mol. The Labute approximate surface area is 94.7 Å². The summed E-state index contributed by atoms with van der Waals surface area (Å²) in [5.74, 6) is 2.27. The number of imidazole rings is 1. The van der Waals surface area contributed by atoms with Gasteiger partial charge in [0, 0.05) is 11.9 Å². The van der Waals surface area contributed by atoms with E-state index in [1.54, 1.807) is 0 Å². The lowest BCUT2D eigenvalue weighted by molar-refractivity contribution is 1.07. The molecule has 15 heavy (non-hydrogen) atoms. The Morgan fingerprint density at radius 1 is 1.47 bits per heavy atom. The maximum atomic E-state index is 4.41. The van der Waals surface area contributed by atoms with Crippen molar-refractivity contribution in [1.82, 2.24) is 9.38 Å². The molecule has 0 aliphatic carbocycles. The van der Waals surface area contributed by atoms with Crippen molar-refractivity contribution in [3.8, 4) is 0 Å². The molecular weight excluding hydrogens is 204 g/mol. The highest BCUT2D eigenvalue weighted by molar-refractivity contribution is 7.98. The molecule has 0 amide bonds. The molecule has 2 nitrogen and oxygen atoms in total. The fraction of sp³-hybridized carbons (Fsp3) is 0.417. The molecule has 0 saturated heterocycles. The van der Waals surface area contributed by atoms with Crippen molar-refractivity contribution >= 4 is 17.4 Å². The van der Waals surface area contributed by atoms with Crippen molar-refractivity contribution in [3.63, 3.8) is 0 Å². The quantitative estimate of drug-likeness (QED) is 0.736. The highest BCUT2D eigenvalue weighted by Crippen LogP contribution is 2.15. The van der Waals surface area contributed by atoms with Crippen LogP contribution in [0.25, 0.3) is 5.65 Å². The Bertz CT molecular complexity index is 448. The zero-order valence-corrected chi connectivity index (χ0v) is 10.0. The second kappa shape index (κ2) is 4.71. The molecule has 0 bridgehead atoms. The van der Waals surface area contributed by atoms with Crippen LogP contribution in [0.1, 0.15) is 24.6 Å². The topological polar surface area (TPSA) is 17.3 Å². The molecule has 0 saturated carbocycles. The maximum absolute atomic E-state index is 4.41. The first kappa shape index (κ1) is 10.6. The van der Waals surface area contributed by atoms with Crippen LogP contribution in [0.2, 0.25) is 0 Å². The van der Waals surface area contributed by atoms with E-state index in [1.165, 1.54) is 23.4 Å². The predicted octanol–water partition coefficient (Wildman–Crippen LogP) is 3.29. The molecule has 0 aliphatic heterocycles. The molecule has 2 rings (SSSR count). The molecule has 0 radical (unpaired) electrons. The van der Waals surface area contributed by atoms with Crippen LogP contribution < -0.4 is 0 Å². The Balaban J connectivity index is 2.21. The summed E-state index contributed by atoms with van der Waals surface area (Å²) in [6.45, 7) is 4.31. The van der Waals surface area contributed by atoms with E-state index in [2.05, 4.69) is 41.6 Å². The normalized spacial score (nSPS) is 11.1. The van der Waals surface area contributed by atoms with E-state index >= 15 is 0 Å². The largest absolute Gasteiger partial charge is 0.303 e. The molecule has 2 aromatic heterocycles. The third kappa shape index (κ3) is 2.34. The van der Waals surface area contributed by atoms with Gasteiger partial charge in [-0.3, -0.25) is 0 Å². The molecule has 0 aromatic carbocycles. The second-order valence-corrected chi connectivity index (χ2v) is 4.84. The number of aryl methyl sites for hydroxylation is 1. The van der Waals surface area contributed by atoms with E-state index in [0.29, 0.717) is 0 Å². The molecule has 0 fully saturated rings. The van der Waals surface area contributed by atoms with Crippen molar-refractivity contribution in [2.45, 2.75) is 26.0 Å².